The highest BCUT2D eigenvalue weighted by atomic mass is 16.2. The summed E-state index contributed by atoms with van der Waals surface area (Å²) in [7, 11) is 0. The Kier molecular flexibility index (Phi) is 7.06. The molecular weight excluding hydrogens is 240 g/mol. The Balaban J connectivity index is 2.46. The third-order valence-corrected chi connectivity index (χ3v) is 3.97. The molecule has 1 aliphatic heterocycles. The molecule has 1 N–H and O–H groups in total. The number of carbonyl (C=O) groups is 2. The molecule has 0 aliphatic carbocycles. The van der Waals surface area contributed by atoms with Gasteiger partial charge >= 0.3 is 0 Å². The van der Waals surface area contributed by atoms with Gasteiger partial charge in [0.25, 0.3) is 0 Å². The zero-order chi connectivity index (χ0) is 14.3. The maximum absolute atomic E-state index is 12.1. The van der Waals surface area contributed by atoms with E-state index in [1.807, 2.05) is 6.92 Å². The summed E-state index contributed by atoms with van der Waals surface area (Å²) in [6, 6.07) is -0.263. The minimum Gasteiger partial charge on any atom is -0.355 e. The molecule has 4 nitrogen and oxygen atoms in total. The first-order valence-electron chi connectivity index (χ1n) is 7.61. The maximum atomic E-state index is 12.1. The third kappa shape index (κ3) is 4.94. The number of nitrogens with zero attached hydrogens (tertiary/aromatic N) is 1. The maximum Gasteiger partial charge on any atom is 0.237 e. The molecule has 0 bridgehead atoms. The van der Waals surface area contributed by atoms with Gasteiger partial charge in [0.15, 0.2) is 0 Å². The van der Waals surface area contributed by atoms with Gasteiger partial charge in [0.05, 0.1) is 12.1 Å². The lowest BCUT2D eigenvalue weighted by molar-refractivity contribution is -0.131. The lowest BCUT2D eigenvalue weighted by atomic mass is 9.97. The molecule has 1 fully saturated rings. The molecule has 1 amide bonds. The van der Waals surface area contributed by atoms with Crippen LogP contribution in [0.25, 0.3) is 0 Å². The molecule has 110 valence electrons. The van der Waals surface area contributed by atoms with Crippen LogP contribution in [-0.4, -0.2) is 41.8 Å². The second kappa shape index (κ2) is 8.31. The SMILES string of the molecule is CCCCCNC(=O)C(C)N1CCCCC1C(C)=O. The van der Waals surface area contributed by atoms with Crippen LogP contribution in [0.1, 0.15) is 59.3 Å². The Morgan fingerprint density at radius 2 is 2.05 bits per heavy atom. The summed E-state index contributed by atoms with van der Waals surface area (Å²) in [6.07, 6.45) is 6.40. The zero-order valence-electron chi connectivity index (χ0n) is 12.6. The predicted octanol–water partition coefficient (Wildman–Crippen LogP) is 2.12. The highest BCUT2D eigenvalue weighted by molar-refractivity contribution is 5.85. The monoisotopic (exact) mass is 268 g/mol. The molecule has 0 aromatic carbocycles. The zero-order valence-corrected chi connectivity index (χ0v) is 12.6. The number of nitrogens with one attached hydrogen (secondary N) is 1. The van der Waals surface area contributed by atoms with Crippen LogP contribution in [0.15, 0.2) is 0 Å². The van der Waals surface area contributed by atoms with Gasteiger partial charge in [-0.2, -0.15) is 0 Å². The molecule has 0 aromatic heterocycles. The van der Waals surface area contributed by atoms with Crippen LogP contribution in [0, 0.1) is 0 Å². The van der Waals surface area contributed by atoms with Gasteiger partial charge in [-0.1, -0.05) is 26.2 Å². The average Bonchev–Trinajstić information content (AvgIpc) is 2.42. The van der Waals surface area contributed by atoms with E-state index in [0.29, 0.717) is 0 Å². The van der Waals surface area contributed by atoms with E-state index in [9.17, 15) is 9.59 Å². The fourth-order valence-corrected chi connectivity index (χ4v) is 2.74. The number of amides is 1. The number of likely N-dealkylation sites (tertiary alicyclic amines) is 1. The molecular formula is C15H28N2O2. The van der Waals surface area contributed by atoms with E-state index in [2.05, 4.69) is 17.1 Å². The smallest absolute Gasteiger partial charge is 0.237 e. The van der Waals surface area contributed by atoms with E-state index in [1.54, 1.807) is 6.92 Å². The van der Waals surface area contributed by atoms with Crippen LogP contribution >= 0.6 is 0 Å². The van der Waals surface area contributed by atoms with E-state index in [-0.39, 0.29) is 23.8 Å². The second-order valence-corrected chi connectivity index (χ2v) is 5.53. The summed E-state index contributed by atoms with van der Waals surface area (Å²) in [4.78, 5) is 25.8. The van der Waals surface area contributed by atoms with Crippen molar-refractivity contribution < 1.29 is 9.59 Å². The lowest BCUT2D eigenvalue weighted by Gasteiger charge is -2.37. The summed E-state index contributed by atoms with van der Waals surface area (Å²) in [6.45, 7) is 7.30. The van der Waals surface area contributed by atoms with E-state index >= 15 is 0 Å². The van der Waals surface area contributed by atoms with Crippen LogP contribution in [-0.2, 0) is 9.59 Å². The normalized spacial score (nSPS) is 21.9. The Morgan fingerprint density at radius 1 is 1.32 bits per heavy atom. The molecule has 1 heterocycles. The van der Waals surface area contributed by atoms with E-state index in [1.165, 1.54) is 0 Å². The van der Waals surface area contributed by atoms with Crippen LogP contribution in [0.3, 0.4) is 0 Å². The Labute approximate surface area is 116 Å². The minimum absolute atomic E-state index is 0.0595. The summed E-state index contributed by atoms with van der Waals surface area (Å²) >= 11 is 0. The summed E-state index contributed by atoms with van der Waals surface area (Å²) in [5, 5.41) is 2.98. The van der Waals surface area contributed by atoms with E-state index in [0.717, 1.165) is 51.6 Å². The van der Waals surface area contributed by atoms with Crippen molar-refractivity contribution in [2.24, 2.45) is 0 Å². The van der Waals surface area contributed by atoms with Gasteiger partial charge in [-0.3, -0.25) is 14.5 Å². The molecule has 0 spiro atoms. The third-order valence-electron chi connectivity index (χ3n) is 3.97. The van der Waals surface area contributed by atoms with Crippen LogP contribution in [0.2, 0.25) is 0 Å². The van der Waals surface area contributed by atoms with Crippen molar-refractivity contribution in [2.75, 3.05) is 13.1 Å². The van der Waals surface area contributed by atoms with Crippen LogP contribution in [0.5, 0.6) is 0 Å². The van der Waals surface area contributed by atoms with E-state index < -0.39 is 0 Å². The number of rotatable bonds is 7. The molecule has 0 radical (unpaired) electrons. The Morgan fingerprint density at radius 3 is 2.68 bits per heavy atom. The van der Waals surface area contributed by atoms with Crippen molar-refractivity contribution in [3.8, 4) is 0 Å². The highest BCUT2D eigenvalue weighted by Crippen LogP contribution is 2.20. The van der Waals surface area contributed by atoms with Gasteiger partial charge < -0.3 is 5.32 Å². The topological polar surface area (TPSA) is 49.4 Å². The first-order valence-corrected chi connectivity index (χ1v) is 7.61. The number of hydrogen-bond donors (Lipinski definition) is 1. The largest absolute Gasteiger partial charge is 0.355 e. The van der Waals surface area contributed by atoms with Gasteiger partial charge in [-0.15, -0.1) is 0 Å². The molecule has 2 unspecified atom stereocenters. The molecule has 0 aromatic rings. The number of Topliss-reactive ketones (excluding diaryl/α,β-unsaturated/α-hetero) is 1. The Hall–Kier alpha value is -0.900. The minimum atomic E-state index is -0.198. The van der Waals surface area contributed by atoms with Crippen molar-refractivity contribution in [3.63, 3.8) is 0 Å². The number of carbonyl (C=O) groups excluding carboxylic acids is 2. The molecule has 2 atom stereocenters. The molecule has 4 heteroatoms. The van der Waals surface area contributed by atoms with Gasteiger partial charge in [-0.05, 0) is 39.7 Å². The molecule has 0 saturated carbocycles. The predicted molar refractivity (Wildman–Crippen MR) is 77.0 cm³/mol. The van der Waals surface area contributed by atoms with Crippen LogP contribution in [0.4, 0.5) is 0 Å². The van der Waals surface area contributed by atoms with E-state index in [4.69, 9.17) is 0 Å². The second-order valence-electron chi connectivity index (χ2n) is 5.53. The van der Waals surface area contributed by atoms with Crippen molar-refractivity contribution in [2.45, 2.75) is 71.4 Å². The van der Waals surface area contributed by atoms with Gasteiger partial charge in [0, 0.05) is 6.54 Å². The molecule has 1 rings (SSSR count). The molecule has 1 saturated heterocycles. The Bertz CT molecular complexity index is 305. The number of unbranched alkanes of at least 4 members (excludes halogenated alkanes) is 2. The summed E-state index contributed by atoms with van der Waals surface area (Å²) in [5.74, 6) is 0.245. The van der Waals surface area contributed by atoms with Gasteiger partial charge in [-0.25, -0.2) is 0 Å². The van der Waals surface area contributed by atoms with Gasteiger partial charge in [0.2, 0.25) is 5.91 Å². The van der Waals surface area contributed by atoms with Crippen LogP contribution < -0.4 is 5.32 Å². The quantitative estimate of drug-likeness (QED) is 0.720. The fraction of sp³-hybridized carbons (Fsp3) is 0.867. The number of ketones is 1. The summed E-state index contributed by atoms with van der Waals surface area (Å²) in [5.41, 5.74) is 0. The fourth-order valence-electron chi connectivity index (χ4n) is 2.74. The van der Waals surface area contributed by atoms with Gasteiger partial charge in [0.1, 0.15) is 5.78 Å². The number of piperidine rings is 1. The average molecular weight is 268 g/mol. The van der Waals surface area contributed by atoms with Crippen molar-refractivity contribution in [3.05, 3.63) is 0 Å². The van der Waals surface area contributed by atoms with Crippen molar-refractivity contribution in [1.82, 2.24) is 10.2 Å². The standard InChI is InChI=1S/C15H28N2O2/c1-4-5-7-10-16-15(19)12(2)17-11-8-6-9-14(17)13(3)18/h12,14H,4-11H2,1-3H3,(H,16,19). The molecule has 1 aliphatic rings. The highest BCUT2D eigenvalue weighted by Gasteiger charge is 2.32. The first-order chi connectivity index (χ1) is 9.07. The lowest BCUT2D eigenvalue weighted by Crippen LogP contribution is -2.54. The first kappa shape index (κ1) is 16.2. The summed E-state index contributed by atoms with van der Waals surface area (Å²) < 4.78 is 0. The molecule has 19 heavy (non-hydrogen) atoms. The number of hydrogen-bond acceptors (Lipinski definition) is 3. The van der Waals surface area contributed by atoms with Crippen molar-refractivity contribution in [1.29, 1.82) is 0 Å². The van der Waals surface area contributed by atoms with Crippen molar-refractivity contribution >= 4 is 11.7 Å².